The number of furan rings is 1. The second-order valence-corrected chi connectivity index (χ2v) is 14.1. The second kappa shape index (κ2) is 14.3. The molecule has 0 saturated carbocycles. The number of carbonyl (C=O) groups excluding carboxylic acids is 2. The number of rotatable bonds is 10. The minimum Gasteiger partial charge on any atom is -0.477 e. The number of nitrogens with zero attached hydrogens (tertiary/aromatic N) is 5. The number of anilines is 1. The van der Waals surface area contributed by atoms with Crippen LogP contribution in [0.5, 0.6) is 5.88 Å². The van der Waals surface area contributed by atoms with E-state index in [9.17, 15) is 9.59 Å². The molecule has 0 aromatic carbocycles. The first-order chi connectivity index (χ1) is 21.2. The first-order valence-corrected chi connectivity index (χ1v) is 15.7. The van der Waals surface area contributed by atoms with Crippen molar-refractivity contribution in [2.75, 3.05) is 31.6 Å². The van der Waals surface area contributed by atoms with Crippen LogP contribution < -0.4 is 10.1 Å². The zero-order valence-electron chi connectivity index (χ0n) is 27.9. The van der Waals surface area contributed by atoms with E-state index in [1.165, 1.54) is 0 Å². The normalized spacial score (nSPS) is 17.2. The molecular weight excluding hydrogens is 572 g/mol. The van der Waals surface area contributed by atoms with Gasteiger partial charge in [0.15, 0.2) is 0 Å². The summed E-state index contributed by atoms with van der Waals surface area (Å²) in [7, 11) is 0. The number of likely N-dealkylation sites (tertiary alicyclic amines) is 1. The van der Waals surface area contributed by atoms with Gasteiger partial charge in [-0.3, -0.25) is 4.79 Å². The fraction of sp³-hybridized carbons (Fsp3) is 0.559. The number of aromatic nitrogens is 3. The smallest absolute Gasteiger partial charge is 0.410 e. The van der Waals surface area contributed by atoms with E-state index in [0.29, 0.717) is 62.3 Å². The highest BCUT2D eigenvalue weighted by atomic mass is 16.6. The van der Waals surface area contributed by atoms with Crippen LogP contribution >= 0.6 is 0 Å². The lowest BCUT2D eigenvalue weighted by Gasteiger charge is -2.43. The molecule has 0 bridgehead atoms. The number of piperidine rings is 1. The lowest BCUT2D eigenvalue weighted by atomic mass is 9.92. The third kappa shape index (κ3) is 9.67. The maximum atomic E-state index is 14.5. The molecule has 2 amide bonds. The maximum Gasteiger partial charge on any atom is 0.410 e. The highest BCUT2D eigenvalue weighted by Gasteiger charge is 2.38. The van der Waals surface area contributed by atoms with E-state index in [-0.39, 0.29) is 29.2 Å². The SMILES string of the molecule is CC(C)CN(C(=O)c1cnc(C(C)(C)C)nc1NCc1ccco1)C1CC(COc2ccccn2)CN(C(=O)OC(C)(C)C)C1. The van der Waals surface area contributed by atoms with E-state index >= 15 is 0 Å². The summed E-state index contributed by atoms with van der Waals surface area (Å²) in [4.78, 5) is 45.1. The van der Waals surface area contributed by atoms with Crippen molar-refractivity contribution in [3.63, 3.8) is 0 Å². The Kier molecular flexibility index (Phi) is 10.7. The van der Waals surface area contributed by atoms with E-state index in [4.69, 9.17) is 18.9 Å². The fourth-order valence-corrected chi connectivity index (χ4v) is 5.20. The molecule has 0 radical (unpaired) electrons. The zero-order valence-corrected chi connectivity index (χ0v) is 27.9. The van der Waals surface area contributed by atoms with Gasteiger partial charge in [-0.15, -0.1) is 0 Å². The molecule has 0 spiro atoms. The Balaban J connectivity index is 1.66. The standard InChI is InChI=1S/C34H48N6O5/c1-23(2)19-40(30(41)27-18-37-31(33(3,4)5)38-29(27)36-17-26-12-11-15-43-26)25-16-24(22-44-28-13-9-10-14-35-28)20-39(21-25)32(42)45-34(6,7)8/h9-15,18,23-25H,16-17,19-22H2,1-8H3,(H,36,37,38). The van der Waals surface area contributed by atoms with E-state index in [1.807, 2.05) is 70.7 Å². The number of ether oxygens (including phenoxy) is 2. The van der Waals surface area contributed by atoms with Crippen LogP contribution in [0.2, 0.25) is 0 Å². The largest absolute Gasteiger partial charge is 0.477 e. The van der Waals surface area contributed by atoms with Gasteiger partial charge in [0.05, 0.1) is 25.5 Å². The van der Waals surface area contributed by atoms with Gasteiger partial charge >= 0.3 is 6.09 Å². The second-order valence-electron chi connectivity index (χ2n) is 14.1. The number of carbonyl (C=O) groups is 2. The summed E-state index contributed by atoms with van der Waals surface area (Å²) >= 11 is 0. The van der Waals surface area contributed by atoms with Gasteiger partial charge in [0.1, 0.15) is 28.6 Å². The lowest BCUT2D eigenvalue weighted by molar-refractivity contribution is -0.00330. The van der Waals surface area contributed by atoms with Gasteiger partial charge in [-0.05, 0) is 51.3 Å². The van der Waals surface area contributed by atoms with Crippen molar-refractivity contribution in [1.82, 2.24) is 24.8 Å². The van der Waals surface area contributed by atoms with Crippen molar-refractivity contribution in [3.05, 3.63) is 66.1 Å². The van der Waals surface area contributed by atoms with Crippen LogP contribution in [-0.4, -0.2) is 74.6 Å². The van der Waals surface area contributed by atoms with Crippen molar-refractivity contribution < 1.29 is 23.5 Å². The van der Waals surface area contributed by atoms with Crippen LogP contribution in [0.4, 0.5) is 10.6 Å². The summed E-state index contributed by atoms with van der Waals surface area (Å²) in [6, 6.07) is 8.90. The molecule has 1 N–H and O–H groups in total. The predicted molar refractivity (Wildman–Crippen MR) is 172 cm³/mol. The van der Waals surface area contributed by atoms with E-state index in [2.05, 4.69) is 29.1 Å². The van der Waals surface area contributed by atoms with Crippen molar-refractivity contribution in [2.24, 2.45) is 11.8 Å². The molecule has 4 rings (SSSR count). The molecular formula is C34H48N6O5. The maximum absolute atomic E-state index is 14.5. The van der Waals surface area contributed by atoms with Crippen molar-refractivity contribution >= 4 is 17.8 Å². The van der Waals surface area contributed by atoms with Crippen molar-refractivity contribution in [2.45, 2.75) is 85.4 Å². The monoisotopic (exact) mass is 620 g/mol. The average molecular weight is 621 g/mol. The Hall–Kier alpha value is -4.15. The number of nitrogens with one attached hydrogen (secondary N) is 1. The molecule has 2 atom stereocenters. The van der Waals surface area contributed by atoms with Crippen LogP contribution in [0.25, 0.3) is 0 Å². The summed E-state index contributed by atoms with van der Waals surface area (Å²) in [5.74, 6) is 2.21. The van der Waals surface area contributed by atoms with Crippen LogP contribution in [0.3, 0.4) is 0 Å². The van der Waals surface area contributed by atoms with E-state index in [1.54, 1.807) is 29.6 Å². The summed E-state index contributed by atoms with van der Waals surface area (Å²) in [5, 5.41) is 3.32. The summed E-state index contributed by atoms with van der Waals surface area (Å²) in [6.45, 7) is 17.8. The third-order valence-electron chi connectivity index (χ3n) is 7.24. The van der Waals surface area contributed by atoms with Crippen molar-refractivity contribution in [1.29, 1.82) is 0 Å². The molecule has 1 saturated heterocycles. The minimum absolute atomic E-state index is 0.0585. The Bertz CT molecular complexity index is 1400. The molecule has 45 heavy (non-hydrogen) atoms. The Morgan fingerprint density at radius 3 is 2.49 bits per heavy atom. The van der Waals surface area contributed by atoms with Gasteiger partial charge in [-0.1, -0.05) is 40.7 Å². The van der Waals surface area contributed by atoms with E-state index < -0.39 is 11.7 Å². The molecule has 1 aliphatic rings. The summed E-state index contributed by atoms with van der Waals surface area (Å²) in [5.41, 5.74) is -0.609. The fourth-order valence-electron chi connectivity index (χ4n) is 5.20. The van der Waals surface area contributed by atoms with Gasteiger partial charge in [0.2, 0.25) is 5.88 Å². The van der Waals surface area contributed by atoms with E-state index in [0.717, 1.165) is 5.76 Å². The van der Waals surface area contributed by atoms with Gasteiger partial charge in [0.25, 0.3) is 5.91 Å². The Morgan fingerprint density at radius 2 is 1.87 bits per heavy atom. The molecule has 1 fully saturated rings. The number of hydrogen-bond acceptors (Lipinski definition) is 9. The molecule has 4 heterocycles. The van der Waals surface area contributed by atoms with Crippen LogP contribution in [-0.2, 0) is 16.7 Å². The topological polar surface area (TPSA) is 123 Å². The van der Waals surface area contributed by atoms with Crippen LogP contribution in [0.15, 0.2) is 53.4 Å². The molecule has 1 aliphatic heterocycles. The van der Waals surface area contributed by atoms with Gasteiger partial charge in [0, 0.05) is 49.4 Å². The predicted octanol–water partition coefficient (Wildman–Crippen LogP) is 6.18. The van der Waals surface area contributed by atoms with Gasteiger partial charge in [-0.2, -0.15) is 0 Å². The molecule has 3 aromatic heterocycles. The first-order valence-electron chi connectivity index (χ1n) is 15.7. The van der Waals surface area contributed by atoms with Gasteiger partial charge < -0.3 is 29.0 Å². The molecule has 11 heteroatoms. The number of pyridine rings is 1. The average Bonchev–Trinajstić information content (AvgIpc) is 3.50. The number of hydrogen-bond donors (Lipinski definition) is 1. The number of amides is 2. The van der Waals surface area contributed by atoms with Crippen molar-refractivity contribution in [3.8, 4) is 5.88 Å². The van der Waals surface area contributed by atoms with Crippen LogP contribution in [0, 0.1) is 11.8 Å². The third-order valence-corrected chi connectivity index (χ3v) is 7.24. The zero-order chi connectivity index (χ0) is 32.8. The Morgan fingerprint density at radius 1 is 1.09 bits per heavy atom. The minimum atomic E-state index is -0.655. The molecule has 11 nitrogen and oxygen atoms in total. The summed E-state index contributed by atoms with van der Waals surface area (Å²) < 4.78 is 17.3. The Labute approximate surface area is 266 Å². The van der Waals surface area contributed by atoms with Gasteiger partial charge in [-0.25, -0.2) is 19.7 Å². The highest BCUT2D eigenvalue weighted by Crippen LogP contribution is 2.28. The molecule has 2 unspecified atom stereocenters. The lowest BCUT2D eigenvalue weighted by Crippen LogP contribution is -2.56. The quantitative estimate of drug-likeness (QED) is 0.283. The molecule has 3 aromatic rings. The van der Waals surface area contributed by atoms with Crippen LogP contribution in [0.1, 0.15) is 83.8 Å². The molecule has 244 valence electrons. The first kappa shape index (κ1) is 33.7. The molecule has 0 aliphatic carbocycles. The highest BCUT2D eigenvalue weighted by molar-refractivity contribution is 5.98. The summed E-state index contributed by atoms with van der Waals surface area (Å²) in [6.07, 6.45) is 5.14.